The zero-order chi connectivity index (χ0) is 15.2. The highest BCUT2D eigenvalue weighted by Crippen LogP contribution is 2.46. The van der Waals surface area contributed by atoms with E-state index in [-0.39, 0.29) is 5.54 Å². The van der Waals surface area contributed by atoms with Crippen LogP contribution in [-0.4, -0.2) is 36.6 Å². The van der Waals surface area contributed by atoms with Crippen LogP contribution in [0.3, 0.4) is 0 Å². The molecule has 1 saturated heterocycles. The first-order valence-corrected chi connectivity index (χ1v) is 9.00. The molecule has 1 spiro atoms. The highest BCUT2D eigenvalue weighted by molar-refractivity contribution is 5.03. The van der Waals surface area contributed by atoms with Crippen molar-refractivity contribution in [1.82, 2.24) is 10.2 Å². The van der Waals surface area contributed by atoms with Crippen molar-refractivity contribution in [3.63, 3.8) is 0 Å². The average Bonchev–Trinajstić information content (AvgIpc) is 2.96. The second-order valence-electron chi connectivity index (χ2n) is 7.52. The number of nitriles is 1. The molecule has 3 heteroatoms. The third kappa shape index (κ3) is 4.69. The molecule has 1 unspecified atom stereocenters. The van der Waals surface area contributed by atoms with Crippen molar-refractivity contribution >= 4 is 0 Å². The van der Waals surface area contributed by atoms with Crippen molar-refractivity contribution in [3.05, 3.63) is 0 Å². The normalized spacial score (nSPS) is 24.8. The first-order valence-electron chi connectivity index (χ1n) is 9.00. The molecule has 21 heavy (non-hydrogen) atoms. The molecule has 1 aliphatic carbocycles. The first kappa shape index (κ1) is 16.8. The Morgan fingerprint density at radius 3 is 2.43 bits per heavy atom. The van der Waals surface area contributed by atoms with Crippen LogP contribution >= 0.6 is 0 Å². The van der Waals surface area contributed by atoms with Gasteiger partial charge in [-0.25, -0.2) is 0 Å². The second-order valence-corrected chi connectivity index (χ2v) is 7.52. The minimum absolute atomic E-state index is 0.335. The SMILES string of the molecule is CCCNC(C)(C#N)CCCN1CCC2(CCCC2)CC1. The Morgan fingerprint density at radius 2 is 1.86 bits per heavy atom. The predicted octanol–water partition coefficient (Wildman–Crippen LogP) is 3.70. The van der Waals surface area contributed by atoms with E-state index in [0.29, 0.717) is 0 Å². The van der Waals surface area contributed by atoms with E-state index in [1.54, 1.807) is 0 Å². The van der Waals surface area contributed by atoms with Gasteiger partial charge >= 0.3 is 0 Å². The Morgan fingerprint density at radius 1 is 1.19 bits per heavy atom. The van der Waals surface area contributed by atoms with E-state index in [9.17, 15) is 5.26 Å². The van der Waals surface area contributed by atoms with Crippen LogP contribution in [0.15, 0.2) is 0 Å². The Labute approximate surface area is 131 Å². The summed E-state index contributed by atoms with van der Waals surface area (Å²) in [6.07, 6.45) is 11.9. The minimum Gasteiger partial charge on any atom is -0.303 e. The molecule has 0 bridgehead atoms. The first-order chi connectivity index (χ1) is 10.1. The molecule has 3 nitrogen and oxygen atoms in total. The quantitative estimate of drug-likeness (QED) is 0.777. The largest absolute Gasteiger partial charge is 0.303 e. The third-order valence-corrected chi connectivity index (χ3v) is 5.74. The number of piperidine rings is 1. The maximum absolute atomic E-state index is 9.36. The standard InChI is InChI=1S/C18H33N3/c1-3-12-20-17(2,16-19)7-6-13-21-14-10-18(11-15-21)8-4-5-9-18/h20H,3-15H2,1-2H3. The van der Waals surface area contributed by atoms with Crippen molar-refractivity contribution < 1.29 is 0 Å². The molecule has 2 rings (SSSR count). The van der Waals surface area contributed by atoms with Crippen LogP contribution in [0, 0.1) is 16.7 Å². The summed E-state index contributed by atoms with van der Waals surface area (Å²) in [5.41, 5.74) is 0.388. The number of hydrogen-bond acceptors (Lipinski definition) is 3. The summed E-state index contributed by atoms with van der Waals surface area (Å²) in [7, 11) is 0. The minimum atomic E-state index is -0.335. The van der Waals surface area contributed by atoms with Gasteiger partial charge < -0.3 is 4.90 Å². The molecule has 2 aliphatic rings. The van der Waals surface area contributed by atoms with Crippen LogP contribution in [0.2, 0.25) is 0 Å². The third-order valence-electron chi connectivity index (χ3n) is 5.74. The van der Waals surface area contributed by atoms with E-state index in [0.717, 1.165) is 31.2 Å². The van der Waals surface area contributed by atoms with Gasteiger partial charge in [0.2, 0.25) is 0 Å². The van der Waals surface area contributed by atoms with Gasteiger partial charge in [-0.15, -0.1) is 0 Å². The number of rotatable bonds is 7. The predicted molar refractivity (Wildman–Crippen MR) is 88.1 cm³/mol. The van der Waals surface area contributed by atoms with Gasteiger partial charge in [0.05, 0.1) is 6.07 Å². The highest BCUT2D eigenvalue weighted by Gasteiger charge is 2.36. The highest BCUT2D eigenvalue weighted by atomic mass is 15.1. The lowest BCUT2D eigenvalue weighted by Gasteiger charge is -2.39. The van der Waals surface area contributed by atoms with Gasteiger partial charge in [-0.05, 0) is 83.5 Å². The Kier molecular flexibility index (Phi) is 6.08. The summed E-state index contributed by atoms with van der Waals surface area (Å²) in [6.45, 7) is 8.87. The second kappa shape index (κ2) is 7.61. The van der Waals surface area contributed by atoms with Crippen molar-refractivity contribution in [1.29, 1.82) is 5.26 Å². The van der Waals surface area contributed by atoms with Crippen LogP contribution < -0.4 is 5.32 Å². The van der Waals surface area contributed by atoms with E-state index in [2.05, 4.69) is 23.2 Å². The van der Waals surface area contributed by atoms with Gasteiger partial charge in [-0.3, -0.25) is 5.32 Å². The molecule has 0 aromatic rings. The molecule has 1 saturated carbocycles. The summed E-state index contributed by atoms with van der Waals surface area (Å²) >= 11 is 0. The number of nitrogens with zero attached hydrogens (tertiary/aromatic N) is 2. The molecular weight excluding hydrogens is 258 g/mol. The number of nitrogens with one attached hydrogen (secondary N) is 1. The lowest BCUT2D eigenvalue weighted by atomic mass is 9.77. The molecule has 1 N–H and O–H groups in total. The fraction of sp³-hybridized carbons (Fsp3) is 0.944. The van der Waals surface area contributed by atoms with Gasteiger partial charge in [0.1, 0.15) is 5.54 Å². The van der Waals surface area contributed by atoms with Crippen molar-refractivity contribution in [2.24, 2.45) is 5.41 Å². The van der Waals surface area contributed by atoms with Gasteiger partial charge in [0.25, 0.3) is 0 Å². The van der Waals surface area contributed by atoms with E-state index in [1.165, 1.54) is 58.2 Å². The molecule has 0 amide bonds. The molecule has 0 aromatic heterocycles. The van der Waals surface area contributed by atoms with Crippen LogP contribution in [0.5, 0.6) is 0 Å². The van der Waals surface area contributed by atoms with Crippen LogP contribution in [0.4, 0.5) is 0 Å². The van der Waals surface area contributed by atoms with Crippen LogP contribution in [0.1, 0.15) is 71.6 Å². The van der Waals surface area contributed by atoms with Crippen molar-refractivity contribution in [3.8, 4) is 6.07 Å². The average molecular weight is 291 g/mol. The monoisotopic (exact) mass is 291 g/mol. The topological polar surface area (TPSA) is 39.1 Å². The van der Waals surface area contributed by atoms with Gasteiger partial charge in [-0.1, -0.05) is 19.8 Å². The Bertz CT molecular complexity index is 344. The van der Waals surface area contributed by atoms with E-state index in [4.69, 9.17) is 0 Å². The Balaban J connectivity index is 1.66. The van der Waals surface area contributed by atoms with E-state index >= 15 is 0 Å². The van der Waals surface area contributed by atoms with Gasteiger partial charge in [-0.2, -0.15) is 5.26 Å². The summed E-state index contributed by atoms with van der Waals surface area (Å²) in [5, 5.41) is 12.8. The zero-order valence-electron chi connectivity index (χ0n) is 14.1. The van der Waals surface area contributed by atoms with Crippen LogP contribution in [-0.2, 0) is 0 Å². The van der Waals surface area contributed by atoms with Crippen LogP contribution in [0.25, 0.3) is 0 Å². The molecule has 120 valence electrons. The maximum Gasteiger partial charge on any atom is 0.103 e. The molecule has 1 aliphatic heterocycles. The maximum atomic E-state index is 9.36. The van der Waals surface area contributed by atoms with Gasteiger partial charge in [0.15, 0.2) is 0 Å². The number of hydrogen-bond donors (Lipinski definition) is 1. The summed E-state index contributed by atoms with van der Waals surface area (Å²) in [4.78, 5) is 2.63. The lowest BCUT2D eigenvalue weighted by Crippen LogP contribution is -2.43. The molecule has 0 aromatic carbocycles. The smallest absolute Gasteiger partial charge is 0.103 e. The fourth-order valence-corrected chi connectivity index (χ4v) is 4.12. The molecule has 1 heterocycles. The summed E-state index contributed by atoms with van der Waals surface area (Å²) < 4.78 is 0. The molecule has 0 radical (unpaired) electrons. The fourth-order valence-electron chi connectivity index (χ4n) is 4.12. The van der Waals surface area contributed by atoms with Gasteiger partial charge in [0, 0.05) is 0 Å². The summed E-state index contributed by atoms with van der Waals surface area (Å²) in [5.74, 6) is 0. The van der Waals surface area contributed by atoms with E-state index < -0.39 is 0 Å². The van der Waals surface area contributed by atoms with Crippen molar-refractivity contribution in [2.45, 2.75) is 77.2 Å². The summed E-state index contributed by atoms with van der Waals surface area (Å²) in [6, 6.07) is 2.46. The molecular formula is C18H33N3. The molecule has 1 atom stereocenters. The molecule has 2 fully saturated rings. The Hall–Kier alpha value is -0.590. The van der Waals surface area contributed by atoms with E-state index in [1.807, 2.05) is 6.92 Å². The zero-order valence-corrected chi connectivity index (χ0v) is 14.1. The number of likely N-dealkylation sites (tertiary alicyclic amines) is 1. The van der Waals surface area contributed by atoms with Crippen molar-refractivity contribution in [2.75, 3.05) is 26.2 Å². The lowest BCUT2D eigenvalue weighted by molar-refractivity contribution is 0.106.